The summed E-state index contributed by atoms with van der Waals surface area (Å²) >= 11 is 0. The number of nitrogens with two attached hydrogens (primary N) is 2. The fourth-order valence-electron chi connectivity index (χ4n) is 1.09. The van der Waals surface area contributed by atoms with Gasteiger partial charge in [-0.1, -0.05) is 0 Å². The quantitative estimate of drug-likeness (QED) is 0.268. The molecular weight excluding hydrogens is 230 g/mol. The Morgan fingerprint density at radius 1 is 1.59 bits per heavy atom. The lowest BCUT2D eigenvalue weighted by Crippen LogP contribution is -2.22. The van der Waals surface area contributed by atoms with E-state index in [0.717, 1.165) is 0 Å². The van der Waals surface area contributed by atoms with Crippen molar-refractivity contribution >= 4 is 17.7 Å². The number of imidazole rings is 1. The monoisotopic (exact) mass is 243 g/mol. The van der Waals surface area contributed by atoms with Gasteiger partial charge in [-0.15, -0.1) is 0 Å². The van der Waals surface area contributed by atoms with E-state index < -0.39 is 5.97 Å². The van der Waals surface area contributed by atoms with Crippen LogP contribution >= 0.6 is 0 Å². The molecule has 9 heteroatoms. The SMILES string of the molecule is NC(N)=Nc1c(C(=O)O)ncn1COCCO. The minimum Gasteiger partial charge on any atom is -0.476 e. The van der Waals surface area contributed by atoms with E-state index in [-0.39, 0.29) is 37.4 Å². The predicted molar refractivity (Wildman–Crippen MR) is 57.7 cm³/mol. The Labute approximate surface area is 96.3 Å². The van der Waals surface area contributed by atoms with Gasteiger partial charge in [0.2, 0.25) is 0 Å². The van der Waals surface area contributed by atoms with Gasteiger partial charge in [-0.3, -0.25) is 4.57 Å². The van der Waals surface area contributed by atoms with Gasteiger partial charge in [-0.2, -0.15) is 4.99 Å². The zero-order valence-corrected chi connectivity index (χ0v) is 8.91. The molecular formula is C8H13N5O4. The molecule has 0 aliphatic rings. The lowest BCUT2D eigenvalue weighted by molar-refractivity contribution is 0.0488. The average molecular weight is 243 g/mol. The van der Waals surface area contributed by atoms with Crippen LogP contribution in [0, 0.1) is 0 Å². The van der Waals surface area contributed by atoms with Crippen LogP contribution in [0.5, 0.6) is 0 Å². The fourth-order valence-corrected chi connectivity index (χ4v) is 1.09. The van der Waals surface area contributed by atoms with Crippen LogP contribution in [0.2, 0.25) is 0 Å². The van der Waals surface area contributed by atoms with Gasteiger partial charge in [0.1, 0.15) is 6.73 Å². The summed E-state index contributed by atoms with van der Waals surface area (Å²) in [5.74, 6) is -1.53. The number of hydrogen-bond donors (Lipinski definition) is 4. The Balaban J connectivity index is 2.97. The van der Waals surface area contributed by atoms with Crippen molar-refractivity contribution in [2.45, 2.75) is 6.73 Å². The Morgan fingerprint density at radius 2 is 2.29 bits per heavy atom. The third-order valence-electron chi connectivity index (χ3n) is 1.71. The van der Waals surface area contributed by atoms with Crippen LogP contribution in [0.3, 0.4) is 0 Å². The van der Waals surface area contributed by atoms with E-state index >= 15 is 0 Å². The average Bonchev–Trinajstić information content (AvgIpc) is 2.61. The molecule has 0 fully saturated rings. The summed E-state index contributed by atoms with van der Waals surface area (Å²) < 4.78 is 6.33. The van der Waals surface area contributed by atoms with Crippen LogP contribution < -0.4 is 11.5 Å². The molecule has 17 heavy (non-hydrogen) atoms. The molecule has 0 unspecified atom stereocenters. The maximum atomic E-state index is 10.8. The van der Waals surface area contributed by atoms with Crippen molar-refractivity contribution in [2.75, 3.05) is 13.2 Å². The highest BCUT2D eigenvalue weighted by Gasteiger charge is 2.16. The highest BCUT2D eigenvalue weighted by Crippen LogP contribution is 2.18. The Hall–Kier alpha value is -2.13. The first-order valence-electron chi connectivity index (χ1n) is 4.63. The zero-order chi connectivity index (χ0) is 12.8. The summed E-state index contributed by atoms with van der Waals surface area (Å²) in [5.41, 5.74) is 10.1. The Morgan fingerprint density at radius 3 is 2.82 bits per heavy atom. The highest BCUT2D eigenvalue weighted by molar-refractivity contribution is 5.92. The summed E-state index contributed by atoms with van der Waals surface area (Å²) in [5, 5.41) is 17.4. The van der Waals surface area contributed by atoms with Gasteiger partial charge >= 0.3 is 5.97 Å². The smallest absolute Gasteiger partial charge is 0.358 e. The molecule has 9 nitrogen and oxygen atoms in total. The predicted octanol–water partition coefficient (Wildman–Crippen LogP) is -1.55. The number of nitrogens with zero attached hydrogens (tertiary/aromatic N) is 3. The number of carbonyl (C=O) groups is 1. The maximum Gasteiger partial charge on any atom is 0.358 e. The minimum absolute atomic E-state index is 0.00422. The summed E-state index contributed by atoms with van der Waals surface area (Å²) in [7, 11) is 0. The number of rotatable bonds is 6. The van der Waals surface area contributed by atoms with Crippen molar-refractivity contribution in [3.05, 3.63) is 12.0 Å². The van der Waals surface area contributed by atoms with Gasteiger partial charge in [-0.05, 0) is 0 Å². The van der Waals surface area contributed by atoms with Gasteiger partial charge in [-0.25, -0.2) is 9.78 Å². The first-order valence-corrected chi connectivity index (χ1v) is 4.63. The van der Waals surface area contributed by atoms with E-state index in [0.29, 0.717) is 0 Å². The van der Waals surface area contributed by atoms with Gasteiger partial charge < -0.3 is 26.4 Å². The molecule has 0 saturated carbocycles. The molecule has 0 atom stereocenters. The lowest BCUT2D eigenvalue weighted by Gasteiger charge is -2.05. The number of ether oxygens (including phenoxy) is 1. The number of aliphatic hydroxyl groups excluding tert-OH is 1. The van der Waals surface area contributed by atoms with Crippen LogP contribution in [0.4, 0.5) is 5.82 Å². The first kappa shape index (κ1) is 12.9. The lowest BCUT2D eigenvalue weighted by atomic mass is 10.4. The van der Waals surface area contributed by atoms with Crippen LogP contribution in [0.15, 0.2) is 11.3 Å². The molecule has 0 aromatic carbocycles. The molecule has 0 aliphatic heterocycles. The number of carboxylic acid groups (broad SMARTS) is 1. The van der Waals surface area contributed by atoms with Crippen LogP contribution in [0.1, 0.15) is 10.5 Å². The molecule has 0 radical (unpaired) electrons. The first-order chi connectivity index (χ1) is 8.06. The van der Waals surface area contributed by atoms with E-state index in [2.05, 4.69) is 9.98 Å². The van der Waals surface area contributed by atoms with Crippen LogP contribution in [-0.4, -0.2) is 44.9 Å². The van der Waals surface area contributed by atoms with Crippen LogP contribution in [0.25, 0.3) is 0 Å². The topological polar surface area (TPSA) is 149 Å². The molecule has 0 aliphatic carbocycles. The molecule has 0 saturated heterocycles. The molecule has 0 amide bonds. The minimum atomic E-state index is -1.24. The maximum absolute atomic E-state index is 10.8. The second-order valence-electron chi connectivity index (χ2n) is 2.99. The Kier molecular flexibility index (Phi) is 4.43. The number of hydrogen-bond acceptors (Lipinski definition) is 5. The summed E-state index contributed by atoms with van der Waals surface area (Å²) in [6.45, 7) is -0.0348. The molecule has 1 rings (SSSR count). The van der Waals surface area contributed by atoms with Gasteiger partial charge in [0, 0.05) is 0 Å². The molecule has 0 spiro atoms. The molecule has 1 aromatic rings. The molecule has 0 bridgehead atoms. The second-order valence-corrected chi connectivity index (χ2v) is 2.99. The van der Waals surface area contributed by atoms with Crippen LogP contribution in [-0.2, 0) is 11.5 Å². The largest absolute Gasteiger partial charge is 0.476 e. The van der Waals surface area contributed by atoms with Gasteiger partial charge in [0.25, 0.3) is 0 Å². The van der Waals surface area contributed by atoms with Crippen molar-refractivity contribution in [1.82, 2.24) is 9.55 Å². The van der Waals surface area contributed by atoms with Crippen molar-refractivity contribution < 1.29 is 19.7 Å². The summed E-state index contributed by atoms with van der Waals surface area (Å²) in [4.78, 5) is 18.2. The van der Waals surface area contributed by atoms with E-state index in [1.165, 1.54) is 10.9 Å². The van der Waals surface area contributed by atoms with Crippen molar-refractivity contribution in [3.63, 3.8) is 0 Å². The van der Waals surface area contributed by atoms with E-state index in [9.17, 15) is 4.79 Å². The molecule has 94 valence electrons. The number of guanidine groups is 1. The molecule has 6 N–H and O–H groups in total. The number of carboxylic acids is 1. The third kappa shape index (κ3) is 3.43. The standard InChI is InChI=1S/C8H13N5O4/c9-8(10)12-6-5(7(15)16)11-3-13(6)4-17-2-1-14/h3,14H,1-2,4H2,(H,15,16)(H4,9,10,12). The van der Waals surface area contributed by atoms with E-state index in [1.807, 2.05) is 0 Å². The number of aromatic nitrogens is 2. The van der Waals surface area contributed by atoms with Gasteiger partial charge in [0.05, 0.1) is 19.5 Å². The normalized spacial score (nSPS) is 10.2. The summed E-state index contributed by atoms with van der Waals surface area (Å²) in [6, 6.07) is 0. The van der Waals surface area contributed by atoms with E-state index in [1.54, 1.807) is 0 Å². The summed E-state index contributed by atoms with van der Waals surface area (Å²) in [6.07, 6.45) is 1.24. The third-order valence-corrected chi connectivity index (χ3v) is 1.71. The van der Waals surface area contributed by atoms with Crippen molar-refractivity contribution in [1.29, 1.82) is 0 Å². The Bertz CT molecular complexity index is 424. The van der Waals surface area contributed by atoms with Crippen molar-refractivity contribution in [3.8, 4) is 0 Å². The fraction of sp³-hybridized carbons (Fsp3) is 0.375. The highest BCUT2D eigenvalue weighted by atomic mass is 16.5. The van der Waals surface area contributed by atoms with E-state index in [4.69, 9.17) is 26.4 Å². The number of aliphatic imine (C=N–C) groups is 1. The second kappa shape index (κ2) is 5.82. The zero-order valence-electron chi connectivity index (χ0n) is 8.91. The van der Waals surface area contributed by atoms with Crippen molar-refractivity contribution in [2.24, 2.45) is 16.5 Å². The number of aliphatic hydroxyl groups is 1. The molecule has 1 heterocycles. The number of aromatic carboxylic acids is 1. The molecule has 1 aromatic heterocycles. The van der Waals surface area contributed by atoms with Gasteiger partial charge in [0.15, 0.2) is 17.5 Å².